The minimum absolute atomic E-state index is 0.336. The van der Waals surface area contributed by atoms with Gasteiger partial charge in [-0.1, -0.05) is 24.3 Å². The number of carbonyl (C=O) groups is 2. The molecular formula is C11H9NO3. The van der Waals surface area contributed by atoms with Crippen LogP contribution in [-0.4, -0.2) is 12.0 Å². The van der Waals surface area contributed by atoms with E-state index in [1.807, 2.05) is 24.3 Å². The van der Waals surface area contributed by atoms with Crippen LogP contribution in [0.15, 0.2) is 24.3 Å². The van der Waals surface area contributed by atoms with Gasteiger partial charge in [0.2, 0.25) is 5.60 Å². The van der Waals surface area contributed by atoms with Crippen molar-refractivity contribution >= 4 is 12.0 Å². The van der Waals surface area contributed by atoms with Crippen molar-refractivity contribution in [1.82, 2.24) is 5.32 Å². The second kappa shape index (κ2) is 2.59. The van der Waals surface area contributed by atoms with E-state index in [0.29, 0.717) is 6.42 Å². The highest BCUT2D eigenvalue weighted by Gasteiger charge is 2.53. The summed E-state index contributed by atoms with van der Waals surface area (Å²) in [5, 5.41) is 2.19. The average Bonchev–Trinajstić information content (AvgIpc) is 2.72. The zero-order valence-electron chi connectivity index (χ0n) is 7.95. The molecule has 1 aliphatic carbocycles. The standard InChI is InChI=1S/C11H9NO3/c13-9-11(15-10(14)12-9)6-5-7-3-1-2-4-8(7)11/h1-4H,5-6H2,(H,12,13,14)/t11-/m1/s1. The number of hydrogen-bond acceptors (Lipinski definition) is 3. The lowest BCUT2D eigenvalue weighted by Gasteiger charge is -2.19. The van der Waals surface area contributed by atoms with E-state index >= 15 is 0 Å². The molecule has 0 saturated carbocycles. The smallest absolute Gasteiger partial charge is 0.415 e. The van der Waals surface area contributed by atoms with Gasteiger partial charge in [-0.05, 0) is 12.0 Å². The molecule has 1 heterocycles. The molecule has 1 atom stereocenters. The van der Waals surface area contributed by atoms with Crippen molar-refractivity contribution in [2.24, 2.45) is 0 Å². The minimum Gasteiger partial charge on any atom is -0.427 e. The van der Waals surface area contributed by atoms with Gasteiger partial charge in [0.05, 0.1) is 0 Å². The third-order valence-corrected chi connectivity index (χ3v) is 3.05. The Kier molecular flexibility index (Phi) is 1.46. The minimum atomic E-state index is -1.05. The fraction of sp³-hybridized carbons (Fsp3) is 0.273. The van der Waals surface area contributed by atoms with Crippen LogP contribution in [0.5, 0.6) is 0 Å². The molecule has 0 radical (unpaired) electrons. The number of amides is 2. The molecule has 4 nitrogen and oxygen atoms in total. The Balaban J connectivity index is 2.17. The third kappa shape index (κ3) is 0.960. The van der Waals surface area contributed by atoms with Crippen LogP contribution in [0.25, 0.3) is 0 Å². The molecule has 1 saturated heterocycles. The van der Waals surface area contributed by atoms with E-state index in [9.17, 15) is 9.59 Å². The molecule has 1 spiro atoms. The summed E-state index contributed by atoms with van der Waals surface area (Å²) in [6, 6.07) is 7.59. The highest BCUT2D eigenvalue weighted by Crippen LogP contribution is 2.42. The number of aryl methyl sites for hydroxylation is 1. The quantitative estimate of drug-likeness (QED) is 0.686. The van der Waals surface area contributed by atoms with Crippen molar-refractivity contribution in [2.45, 2.75) is 18.4 Å². The molecule has 1 aliphatic heterocycles. The molecule has 0 bridgehead atoms. The summed E-state index contributed by atoms with van der Waals surface area (Å²) in [5.41, 5.74) is 0.865. The molecule has 0 unspecified atom stereocenters. The molecule has 0 aromatic heterocycles. The Hall–Kier alpha value is -1.84. The zero-order chi connectivity index (χ0) is 10.5. The first-order valence-corrected chi connectivity index (χ1v) is 4.85. The normalized spacial score (nSPS) is 27.7. The van der Waals surface area contributed by atoms with E-state index in [4.69, 9.17) is 4.74 Å². The Morgan fingerprint density at radius 2 is 2.07 bits per heavy atom. The molecule has 3 rings (SSSR count). The Labute approximate surface area is 86.2 Å². The van der Waals surface area contributed by atoms with Crippen LogP contribution < -0.4 is 5.32 Å². The number of alkyl carbamates (subject to hydrolysis) is 1. The summed E-state index contributed by atoms with van der Waals surface area (Å²) in [7, 11) is 0. The number of carbonyl (C=O) groups excluding carboxylic acids is 2. The first-order chi connectivity index (χ1) is 7.22. The van der Waals surface area contributed by atoms with Crippen molar-refractivity contribution in [3.05, 3.63) is 35.4 Å². The van der Waals surface area contributed by atoms with E-state index in [1.54, 1.807) is 0 Å². The molecule has 4 heteroatoms. The second-order valence-corrected chi connectivity index (χ2v) is 3.83. The Morgan fingerprint density at radius 3 is 2.80 bits per heavy atom. The number of ether oxygens (including phenoxy) is 1. The number of hydrogen-bond donors (Lipinski definition) is 1. The lowest BCUT2D eigenvalue weighted by Crippen LogP contribution is -2.34. The van der Waals surface area contributed by atoms with Gasteiger partial charge in [-0.25, -0.2) is 4.79 Å². The second-order valence-electron chi connectivity index (χ2n) is 3.83. The Morgan fingerprint density at radius 1 is 1.27 bits per heavy atom. The van der Waals surface area contributed by atoms with Gasteiger partial charge < -0.3 is 4.74 Å². The molecule has 1 N–H and O–H groups in total. The lowest BCUT2D eigenvalue weighted by molar-refractivity contribution is -0.131. The number of rotatable bonds is 0. The van der Waals surface area contributed by atoms with E-state index in [0.717, 1.165) is 17.5 Å². The van der Waals surface area contributed by atoms with Crippen LogP contribution in [0.2, 0.25) is 0 Å². The number of nitrogens with one attached hydrogen (secondary N) is 1. The van der Waals surface area contributed by atoms with E-state index in [2.05, 4.69) is 5.32 Å². The van der Waals surface area contributed by atoms with Crippen molar-refractivity contribution in [3.8, 4) is 0 Å². The van der Waals surface area contributed by atoms with Gasteiger partial charge in [0.1, 0.15) is 0 Å². The predicted octanol–water partition coefficient (Wildman–Crippen LogP) is 1.09. The summed E-state index contributed by atoms with van der Waals surface area (Å²) < 4.78 is 5.15. The average molecular weight is 203 g/mol. The molecule has 15 heavy (non-hydrogen) atoms. The highest BCUT2D eigenvalue weighted by atomic mass is 16.6. The monoisotopic (exact) mass is 203 g/mol. The van der Waals surface area contributed by atoms with Gasteiger partial charge in [0.25, 0.3) is 5.91 Å². The van der Waals surface area contributed by atoms with Gasteiger partial charge in [0.15, 0.2) is 0 Å². The topological polar surface area (TPSA) is 55.4 Å². The maximum atomic E-state index is 11.7. The molecule has 2 aliphatic rings. The van der Waals surface area contributed by atoms with Crippen molar-refractivity contribution in [1.29, 1.82) is 0 Å². The fourth-order valence-corrected chi connectivity index (χ4v) is 2.34. The van der Waals surface area contributed by atoms with Crippen LogP contribution in [-0.2, 0) is 21.6 Å². The van der Waals surface area contributed by atoms with Gasteiger partial charge in [0, 0.05) is 12.0 Å². The Bertz CT molecular complexity index is 469. The molecule has 1 aromatic rings. The summed E-state index contributed by atoms with van der Waals surface area (Å²) >= 11 is 0. The summed E-state index contributed by atoms with van der Waals surface area (Å²) in [6.07, 6.45) is 0.678. The first-order valence-electron chi connectivity index (χ1n) is 4.85. The maximum Gasteiger partial charge on any atom is 0.415 e. The molecule has 1 fully saturated rings. The summed E-state index contributed by atoms with van der Waals surface area (Å²) in [4.78, 5) is 22.8. The largest absolute Gasteiger partial charge is 0.427 e. The number of benzene rings is 1. The molecule has 76 valence electrons. The van der Waals surface area contributed by atoms with Crippen LogP contribution in [0.1, 0.15) is 17.5 Å². The van der Waals surface area contributed by atoms with Crippen LogP contribution in [0.3, 0.4) is 0 Å². The van der Waals surface area contributed by atoms with Crippen molar-refractivity contribution in [2.75, 3.05) is 0 Å². The van der Waals surface area contributed by atoms with Gasteiger partial charge in [-0.15, -0.1) is 0 Å². The van der Waals surface area contributed by atoms with E-state index < -0.39 is 11.7 Å². The van der Waals surface area contributed by atoms with Gasteiger partial charge in [-0.2, -0.15) is 0 Å². The highest BCUT2D eigenvalue weighted by molar-refractivity contribution is 6.04. The molecular weight excluding hydrogens is 194 g/mol. The fourth-order valence-electron chi connectivity index (χ4n) is 2.34. The molecule has 1 aromatic carbocycles. The first kappa shape index (κ1) is 8.47. The number of fused-ring (bicyclic) bond motifs is 2. The summed E-state index contributed by atoms with van der Waals surface area (Å²) in [5.74, 6) is -0.336. The predicted molar refractivity (Wildman–Crippen MR) is 51.1 cm³/mol. The third-order valence-electron chi connectivity index (χ3n) is 3.05. The van der Waals surface area contributed by atoms with Gasteiger partial charge >= 0.3 is 6.09 Å². The van der Waals surface area contributed by atoms with E-state index in [1.165, 1.54) is 0 Å². The zero-order valence-corrected chi connectivity index (χ0v) is 7.95. The van der Waals surface area contributed by atoms with Crippen LogP contribution in [0.4, 0.5) is 4.79 Å². The van der Waals surface area contributed by atoms with Gasteiger partial charge in [-0.3, -0.25) is 10.1 Å². The maximum absolute atomic E-state index is 11.7. The van der Waals surface area contributed by atoms with Crippen molar-refractivity contribution in [3.63, 3.8) is 0 Å². The molecule has 2 amide bonds. The number of imide groups is 1. The van der Waals surface area contributed by atoms with E-state index in [-0.39, 0.29) is 5.91 Å². The lowest BCUT2D eigenvalue weighted by atomic mass is 9.95. The van der Waals surface area contributed by atoms with Crippen LogP contribution >= 0.6 is 0 Å². The van der Waals surface area contributed by atoms with Crippen LogP contribution in [0, 0.1) is 0 Å². The van der Waals surface area contributed by atoms with Crippen molar-refractivity contribution < 1.29 is 14.3 Å². The SMILES string of the molecule is O=C1NC(=O)[C@]2(CCc3ccccc32)O1. The summed E-state index contributed by atoms with van der Waals surface area (Å²) in [6.45, 7) is 0.